The molecule has 1 atom stereocenters. The van der Waals surface area contributed by atoms with Crippen molar-refractivity contribution >= 4 is 0 Å². The fourth-order valence-corrected chi connectivity index (χ4v) is 1.89. The van der Waals surface area contributed by atoms with E-state index >= 15 is 0 Å². The molecule has 13 heavy (non-hydrogen) atoms. The molecule has 0 aliphatic carbocycles. The Hall–Kier alpha value is -0.160. The van der Waals surface area contributed by atoms with Gasteiger partial charge in [-0.2, -0.15) is 0 Å². The van der Waals surface area contributed by atoms with E-state index in [1.165, 1.54) is 0 Å². The first-order chi connectivity index (χ1) is 6.40. The van der Waals surface area contributed by atoms with Crippen molar-refractivity contribution in [1.29, 1.82) is 0 Å². The molecule has 2 saturated heterocycles. The third-order valence-electron chi connectivity index (χ3n) is 2.80. The molecule has 0 saturated carbocycles. The smallest absolute Gasteiger partial charge is 0.0935 e. The number of methoxy groups -OCH3 is 1. The molecular weight excluding hydrogens is 168 g/mol. The molecule has 0 radical (unpaired) electrons. The van der Waals surface area contributed by atoms with Gasteiger partial charge in [0.25, 0.3) is 0 Å². The van der Waals surface area contributed by atoms with Gasteiger partial charge in [0.2, 0.25) is 0 Å². The van der Waals surface area contributed by atoms with Crippen LogP contribution in [0.4, 0.5) is 0 Å². The fourth-order valence-electron chi connectivity index (χ4n) is 1.89. The van der Waals surface area contributed by atoms with Crippen molar-refractivity contribution in [1.82, 2.24) is 10.2 Å². The molecule has 1 N–H and O–H groups in total. The van der Waals surface area contributed by atoms with Crippen LogP contribution in [-0.2, 0) is 9.47 Å². The van der Waals surface area contributed by atoms with Gasteiger partial charge in [-0.05, 0) is 0 Å². The molecule has 76 valence electrons. The van der Waals surface area contributed by atoms with Crippen LogP contribution in [0.2, 0.25) is 0 Å². The number of rotatable bonds is 3. The molecule has 4 nitrogen and oxygen atoms in total. The topological polar surface area (TPSA) is 33.7 Å². The Morgan fingerprint density at radius 1 is 1.54 bits per heavy atom. The van der Waals surface area contributed by atoms with Crippen LogP contribution >= 0.6 is 0 Å². The molecule has 4 heteroatoms. The van der Waals surface area contributed by atoms with Gasteiger partial charge in [0, 0.05) is 39.3 Å². The van der Waals surface area contributed by atoms with Crippen LogP contribution in [0.25, 0.3) is 0 Å². The van der Waals surface area contributed by atoms with Crippen LogP contribution in [0.15, 0.2) is 0 Å². The Morgan fingerprint density at radius 2 is 2.38 bits per heavy atom. The van der Waals surface area contributed by atoms with Gasteiger partial charge >= 0.3 is 0 Å². The Bertz CT molecular complexity index is 160. The summed E-state index contributed by atoms with van der Waals surface area (Å²) in [5, 5.41) is 3.29. The molecule has 2 aliphatic heterocycles. The largest absolute Gasteiger partial charge is 0.382 e. The van der Waals surface area contributed by atoms with Crippen molar-refractivity contribution in [3.05, 3.63) is 0 Å². The Labute approximate surface area is 79.2 Å². The van der Waals surface area contributed by atoms with E-state index in [0.717, 1.165) is 45.4 Å². The van der Waals surface area contributed by atoms with Crippen LogP contribution in [0.3, 0.4) is 0 Å². The molecule has 2 fully saturated rings. The zero-order valence-corrected chi connectivity index (χ0v) is 8.16. The maximum Gasteiger partial charge on any atom is 0.0935 e. The highest BCUT2D eigenvalue weighted by atomic mass is 16.5. The first-order valence-electron chi connectivity index (χ1n) is 4.95. The number of morpholine rings is 1. The highest BCUT2D eigenvalue weighted by Gasteiger charge is 2.29. The standard InChI is InChI=1S/C9H18N2O2/c1-12-7-9-6-11(2-3-13-9)8-4-10-5-8/h8-10H,2-7H2,1H3. The predicted octanol–water partition coefficient (Wildman–Crippen LogP) is -0.695. The van der Waals surface area contributed by atoms with Gasteiger partial charge in [0.05, 0.1) is 19.3 Å². The minimum Gasteiger partial charge on any atom is -0.382 e. The molecule has 0 spiro atoms. The molecule has 0 aromatic rings. The van der Waals surface area contributed by atoms with E-state index in [-0.39, 0.29) is 6.10 Å². The van der Waals surface area contributed by atoms with Crippen molar-refractivity contribution in [2.75, 3.05) is 46.5 Å². The average molecular weight is 186 g/mol. The molecule has 0 aromatic carbocycles. The molecule has 2 rings (SSSR count). The molecule has 0 bridgehead atoms. The highest BCUT2D eigenvalue weighted by molar-refractivity contribution is 4.87. The van der Waals surface area contributed by atoms with E-state index in [1.54, 1.807) is 7.11 Å². The summed E-state index contributed by atoms with van der Waals surface area (Å²) in [5.74, 6) is 0. The molecular formula is C9H18N2O2. The maximum atomic E-state index is 5.58. The van der Waals surface area contributed by atoms with Crippen molar-refractivity contribution in [3.63, 3.8) is 0 Å². The highest BCUT2D eigenvalue weighted by Crippen LogP contribution is 2.11. The van der Waals surface area contributed by atoms with Gasteiger partial charge in [0.1, 0.15) is 0 Å². The van der Waals surface area contributed by atoms with E-state index in [1.807, 2.05) is 0 Å². The number of hydrogen-bond acceptors (Lipinski definition) is 4. The quantitative estimate of drug-likeness (QED) is 0.632. The van der Waals surface area contributed by atoms with Gasteiger partial charge in [-0.3, -0.25) is 4.90 Å². The Balaban J connectivity index is 1.77. The molecule has 2 aliphatic rings. The van der Waals surface area contributed by atoms with E-state index in [4.69, 9.17) is 9.47 Å². The number of nitrogens with one attached hydrogen (secondary N) is 1. The summed E-state index contributed by atoms with van der Waals surface area (Å²) in [4.78, 5) is 2.50. The minimum atomic E-state index is 0.277. The normalized spacial score (nSPS) is 31.6. The number of nitrogens with zero attached hydrogens (tertiary/aromatic N) is 1. The van der Waals surface area contributed by atoms with Crippen LogP contribution in [-0.4, -0.2) is 63.5 Å². The summed E-state index contributed by atoms with van der Waals surface area (Å²) >= 11 is 0. The molecule has 2 heterocycles. The summed E-state index contributed by atoms with van der Waals surface area (Å²) < 4.78 is 10.7. The molecule has 1 unspecified atom stereocenters. The predicted molar refractivity (Wildman–Crippen MR) is 49.8 cm³/mol. The minimum absolute atomic E-state index is 0.277. The monoisotopic (exact) mass is 186 g/mol. The van der Waals surface area contributed by atoms with Crippen LogP contribution in [0.5, 0.6) is 0 Å². The Morgan fingerprint density at radius 3 is 3.00 bits per heavy atom. The van der Waals surface area contributed by atoms with E-state index in [2.05, 4.69) is 10.2 Å². The second-order valence-corrected chi connectivity index (χ2v) is 3.76. The third-order valence-corrected chi connectivity index (χ3v) is 2.80. The lowest BCUT2D eigenvalue weighted by Gasteiger charge is -2.42. The second kappa shape index (κ2) is 4.37. The Kier molecular flexibility index (Phi) is 3.16. The lowest BCUT2D eigenvalue weighted by atomic mass is 10.1. The van der Waals surface area contributed by atoms with Gasteiger partial charge in [-0.15, -0.1) is 0 Å². The van der Waals surface area contributed by atoms with E-state index in [0.29, 0.717) is 0 Å². The van der Waals surface area contributed by atoms with Crippen molar-refractivity contribution in [3.8, 4) is 0 Å². The zero-order valence-electron chi connectivity index (χ0n) is 8.16. The summed E-state index contributed by atoms with van der Waals surface area (Å²) in [6.07, 6.45) is 0.277. The van der Waals surface area contributed by atoms with Gasteiger partial charge in [0.15, 0.2) is 0 Å². The maximum absolute atomic E-state index is 5.58. The van der Waals surface area contributed by atoms with E-state index in [9.17, 15) is 0 Å². The van der Waals surface area contributed by atoms with Crippen LogP contribution in [0, 0.1) is 0 Å². The zero-order chi connectivity index (χ0) is 9.10. The van der Waals surface area contributed by atoms with Crippen LogP contribution < -0.4 is 5.32 Å². The third kappa shape index (κ3) is 2.20. The van der Waals surface area contributed by atoms with Gasteiger partial charge in [-0.1, -0.05) is 0 Å². The number of ether oxygens (including phenoxy) is 2. The SMILES string of the molecule is COCC1CN(C2CNC2)CCO1. The van der Waals surface area contributed by atoms with E-state index < -0.39 is 0 Å². The van der Waals surface area contributed by atoms with Crippen LogP contribution in [0.1, 0.15) is 0 Å². The molecule has 0 amide bonds. The fraction of sp³-hybridized carbons (Fsp3) is 1.00. The second-order valence-electron chi connectivity index (χ2n) is 3.76. The summed E-state index contributed by atoms with van der Waals surface area (Å²) in [5.41, 5.74) is 0. The van der Waals surface area contributed by atoms with Crippen molar-refractivity contribution in [2.45, 2.75) is 12.1 Å². The van der Waals surface area contributed by atoms with Gasteiger partial charge in [-0.25, -0.2) is 0 Å². The number of hydrogen-bond donors (Lipinski definition) is 1. The summed E-state index contributed by atoms with van der Waals surface area (Å²) in [7, 11) is 1.73. The van der Waals surface area contributed by atoms with Crippen molar-refractivity contribution in [2.24, 2.45) is 0 Å². The average Bonchev–Trinajstić information content (AvgIpc) is 2.02. The summed E-state index contributed by atoms with van der Waals surface area (Å²) in [6, 6.07) is 0.739. The summed E-state index contributed by atoms with van der Waals surface area (Å²) in [6.45, 7) is 5.95. The van der Waals surface area contributed by atoms with Crippen molar-refractivity contribution < 1.29 is 9.47 Å². The first-order valence-corrected chi connectivity index (χ1v) is 4.95. The van der Waals surface area contributed by atoms with Gasteiger partial charge < -0.3 is 14.8 Å². The lowest BCUT2D eigenvalue weighted by molar-refractivity contribution is -0.0769. The molecule has 0 aromatic heterocycles. The lowest BCUT2D eigenvalue weighted by Crippen LogP contribution is -2.61. The first kappa shape index (κ1) is 9.40.